The molecule has 4 aromatic rings. The van der Waals surface area contributed by atoms with Gasteiger partial charge in [-0.05, 0) is 29.6 Å². The number of aromatic amines is 1. The molecule has 1 aliphatic heterocycles. The summed E-state index contributed by atoms with van der Waals surface area (Å²) in [5.74, 6) is 1.48. The summed E-state index contributed by atoms with van der Waals surface area (Å²) in [6, 6.07) is 9.66. The van der Waals surface area contributed by atoms with Crippen LogP contribution in [0.2, 0.25) is 0 Å². The van der Waals surface area contributed by atoms with Crippen LogP contribution in [0.25, 0.3) is 16.4 Å². The van der Waals surface area contributed by atoms with E-state index in [1.807, 2.05) is 51.4 Å². The molecule has 10 heteroatoms. The number of rotatable bonds is 4. The second-order valence-electron chi connectivity index (χ2n) is 6.64. The third-order valence-electron chi connectivity index (χ3n) is 4.88. The number of carbonyl (C=O) groups is 1. The van der Waals surface area contributed by atoms with E-state index in [1.165, 1.54) is 0 Å². The van der Waals surface area contributed by atoms with Gasteiger partial charge in [-0.15, -0.1) is 21.5 Å². The molecule has 0 spiro atoms. The third kappa shape index (κ3) is 3.49. The highest BCUT2D eigenvalue weighted by Crippen LogP contribution is 2.23. The lowest BCUT2D eigenvalue weighted by Crippen LogP contribution is -2.49. The largest absolute Gasteiger partial charge is 0.352 e. The first-order valence-electron chi connectivity index (χ1n) is 9.23. The van der Waals surface area contributed by atoms with Crippen LogP contribution in [-0.4, -0.2) is 66.9 Å². The predicted molar refractivity (Wildman–Crippen MR) is 109 cm³/mol. The molecule has 146 valence electrons. The Balaban J connectivity index is 1.22. The molecular formula is C19H18N8OS. The zero-order valence-electron chi connectivity index (χ0n) is 15.5. The van der Waals surface area contributed by atoms with Gasteiger partial charge in [0.15, 0.2) is 17.3 Å². The Morgan fingerprint density at radius 3 is 2.59 bits per heavy atom. The summed E-state index contributed by atoms with van der Waals surface area (Å²) < 4.78 is 1.81. The SMILES string of the molecule is O=C(c1cc(-c2cccs2)[nH]n1)N1CCN(c2ccc(-n3ccnc3)nn2)CC1. The van der Waals surface area contributed by atoms with E-state index in [1.54, 1.807) is 23.9 Å². The van der Waals surface area contributed by atoms with Gasteiger partial charge >= 0.3 is 0 Å². The van der Waals surface area contributed by atoms with E-state index in [2.05, 4.69) is 30.3 Å². The Bertz CT molecular complexity index is 1080. The average molecular weight is 406 g/mol. The van der Waals surface area contributed by atoms with E-state index in [9.17, 15) is 4.79 Å². The third-order valence-corrected chi connectivity index (χ3v) is 5.78. The summed E-state index contributed by atoms with van der Waals surface area (Å²) in [7, 11) is 0. The number of nitrogens with one attached hydrogen (secondary N) is 1. The summed E-state index contributed by atoms with van der Waals surface area (Å²) in [4.78, 5) is 21.8. The monoisotopic (exact) mass is 406 g/mol. The van der Waals surface area contributed by atoms with E-state index < -0.39 is 0 Å². The lowest BCUT2D eigenvalue weighted by Gasteiger charge is -2.34. The number of nitrogens with zero attached hydrogens (tertiary/aromatic N) is 7. The van der Waals surface area contributed by atoms with Crippen LogP contribution in [0.1, 0.15) is 10.5 Å². The van der Waals surface area contributed by atoms with Crippen molar-refractivity contribution >= 4 is 23.1 Å². The summed E-state index contributed by atoms with van der Waals surface area (Å²) in [5.41, 5.74) is 1.32. The van der Waals surface area contributed by atoms with Crippen LogP contribution in [0.15, 0.2) is 54.4 Å². The molecule has 1 N–H and O–H groups in total. The Labute approximate surface area is 170 Å². The van der Waals surface area contributed by atoms with Gasteiger partial charge in [0.05, 0.1) is 10.6 Å². The normalized spacial score (nSPS) is 14.3. The molecule has 5 rings (SSSR count). The topological polar surface area (TPSA) is 95.8 Å². The van der Waals surface area contributed by atoms with Crippen LogP contribution in [0.4, 0.5) is 5.82 Å². The second kappa shape index (κ2) is 7.47. The molecule has 29 heavy (non-hydrogen) atoms. The Hall–Kier alpha value is -3.53. The van der Waals surface area contributed by atoms with Crippen molar-refractivity contribution in [1.29, 1.82) is 0 Å². The van der Waals surface area contributed by atoms with Gasteiger partial charge in [0.25, 0.3) is 5.91 Å². The zero-order chi connectivity index (χ0) is 19.6. The molecule has 0 radical (unpaired) electrons. The molecule has 9 nitrogen and oxygen atoms in total. The van der Waals surface area contributed by atoms with Crippen LogP contribution in [0, 0.1) is 0 Å². The number of piperazine rings is 1. The van der Waals surface area contributed by atoms with E-state index in [4.69, 9.17) is 0 Å². The van der Waals surface area contributed by atoms with Crippen molar-refractivity contribution in [2.45, 2.75) is 0 Å². The number of anilines is 1. The Morgan fingerprint density at radius 2 is 1.90 bits per heavy atom. The fourth-order valence-electron chi connectivity index (χ4n) is 3.31. The van der Waals surface area contributed by atoms with Gasteiger partial charge in [0.2, 0.25) is 0 Å². The summed E-state index contributed by atoms with van der Waals surface area (Å²) in [5, 5.41) is 17.8. The van der Waals surface area contributed by atoms with Crippen LogP contribution in [-0.2, 0) is 0 Å². The fourth-order valence-corrected chi connectivity index (χ4v) is 4.00. The maximum absolute atomic E-state index is 12.8. The van der Waals surface area contributed by atoms with E-state index in [-0.39, 0.29) is 5.91 Å². The van der Waals surface area contributed by atoms with Gasteiger partial charge < -0.3 is 9.80 Å². The molecule has 1 aliphatic rings. The number of amides is 1. The van der Waals surface area contributed by atoms with Crippen molar-refractivity contribution in [3.05, 3.63) is 60.1 Å². The van der Waals surface area contributed by atoms with E-state index in [0.717, 1.165) is 22.2 Å². The Morgan fingerprint density at radius 1 is 1.07 bits per heavy atom. The summed E-state index contributed by atoms with van der Waals surface area (Å²) in [6.45, 7) is 2.63. The van der Waals surface area contributed by atoms with Crippen LogP contribution >= 0.6 is 11.3 Å². The van der Waals surface area contributed by atoms with Crippen molar-refractivity contribution in [3.63, 3.8) is 0 Å². The van der Waals surface area contributed by atoms with Crippen LogP contribution < -0.4 is 4.90 Å². The number of carbonyl (C=O) groups excluding carboxylic acids is 1. The first-order chi connectivity index (χ1) is 14.3. The van der Waals surface area contributed by atoms with Crippen molar-refractivity contribution in [2.24, 2.45) is 0 Å². The van der Waals surface area contributed by atoms with Crippen LogP contribution in [0.3, 0.4) is 0 Å². The highest BCUT2D eigenvalue weighted by Gasteiger charge is 2.25. The molecule has 0 aromatic carbocycles. The van der Waals surface area contributed by atoms with E-state index in [0.29, 0.717) is 31.9 Å². The highest BCUT2D eigenvalue weighted by atomic mass is 32.1. The smallest absolute Gasteiger partial charge is 0.274 e. The van der Waals surface area contributed by atoms with Crippen LogP contribution in [0.5, 0.6) is 0 Å². The zero-order valence-corrected chi connectivity index (χ0v) is 16.3. The quantitative estimate of drug-likeness (QED) is 0.557. The van der Waals surface area contributed by atoms with Crippen molar-refractivity contribution in [3.8, 4) is 16.4 Å². The van der Waals surface area contributed by atoms with Gasteiger partial charge in [0.1, 0.15) is 6.33 Å². The average Bonchev–Trinajstić information content (AvgIpc) is 3.55. The van der Waals surface area contributed by atoms with Gasteiger partial charge in [-0.1, -0.05) is 6.07 Å². The first-order valence-corrected chi connectivity index (χ1v) is 10.1. The molecule has 4 aromatic heterocycles. The van der Waals surface area contributed by atoms with Crippen molar-refractivity contribution in [2.75, 3.05) is 31.1 Å². The number of hydrogen-bond donors (Lipinski definition) is 1. The van der Waals surface area contributed by atoms with Crippen molar-refractivity contribution < 1.29 is 4.79 Å². The molecule has 0 aliphatic carbocycles. The maximum atomic E-state index is 12.8. The number of hydrogen-bond acceptors (Lipinski definition) is 7. The Kier molecular flexibility index (Phi) is 4.53. The predicted octanol–water partition coefficient (Wildman–Crippen LogP) is 2.08. The molecule has 0 atom stereocenters. The molecule has 0 saturated carbocycles. The molecule has 1 amide bonds. The first kappa shape index (κ1) is 17.6. The number of H-pyrrole nitrogens is 1. The van der Waals surface area contributed by atoms with E-state index >= 15 is 0 Å². The maximum Gasteiger partial charge on any atom is 0.274 e. The molecule has 1 saturated heterocycles. The molecular weight excluding hydrogens is 388 g/mol. The number of thiophene rings is 1. The molecule has 0 unspecified atom stereocenters. The van der Waals surface area contributed by atoms with Gasteiger partial charge in [-0.3, -0.25) is 14.5 Å². The summed E-state index contributed by atoms with van der Waals surface area (Å²) >= 11 is 1.61. The number of imidazole rings is 1. The lowest BCUT2D eigenvalue weighted by molar-refractivity contribution is 0.0740. The molecule has 1 fully saturated rings. The van der Waals surface area contributed by atoms with Crippen molar-refractivity contribution in [1.82, 2.24) is 34.8 Å². The second-order valence-corrected chi connectivity index (χ2v) is 7.59. The number of aromatic nitrogens is 6. The van der Waals surface area contributed by atoms with Gasteiger partial charge in [-0.25, -0.2) is 4.98 Å². The standard InChI is InChI=1S/C19H18N8OS/c28-19(15-12-14(21-22-15)16-2-1-11-29-16)26-9-7-25(8-10-26)17-3-4-18(24-23-17)27-6-5-20-13-27/h1-6,11-13H,7-10H2,(H,21,22). The fraction of sp³-hybridized carbons (Fsp3) is 0.211. The summed E-state index contributed by atoms with van der Waals surface area (Å²) in [6.07, 6.45) is 5.22. The molecule has 5 heterocycles. The minimum Gasteiger partial charge on any atom is -0.352 e. The van der Waals surface area contributed by atoms with Gasteiger partial charge in [-0.2, -0.15) is 5.10 Å². The highest BCUT2D eigenvalue weighted by molar-refractivity contribution is 7.13. The minimum atomic E-state index is -0.0507. The van der Waals surface area contributed by atoms with Gasteiger partial charge in [0, 0.05) is 38.6 Å². The minimum absolute atomic E-state index is 0.0507. The lowest BCUT2D eigenvalue weighted by atomic mass is 10.2. The molecule has 0 bridgehead atoms.